The van der Waals surface area contributed by atoms with Gasteiger partial charge in [-0.3, -0.25) is 4.90 Å². The summed E-state index contributed by atoms with van der Waals surface area (Å²) in [6.45, 7) is 6.58. The van der Waals surface area contributed by atoms with Crippen molar-refractivity contribution in [3.05, 3.63) is 23.9 Å². The maximum atomic E-state index is 6.05. The molecule has 0 radical (unpaired) electrons. The van der Waals surface area contributed by atoms with Crippen LogP contribution in [0.3, 0.4) is 0 Å². The maximum Gasteiger partial charge on any atom is 0.128 e. The van der Waals surface area contributed by atoms with Crippen molar-refractivity contribution in [3.8, 4) is 0 Å². The highest BCUT2D eigenvalue weighted by molar-refractivity contribution is 5.40. The van der Waals surface area contributed by atoms with Crippen LogP contribution in [0, 0.1) is 0 Å². The van der Waals surface area contributed by atoms with Gasteiger partial charge < -0.3 is 11.1 Å². The minimum absolute atomic E-state index is 0.431. The molecule has 1 aliphatic heterocycles. The van der Waals surface area contributed by atoms with E-state index in [2.05, 4.69) is 28.2 Å². The van der Waals surface area contributed by atoms with Gasteiger partial charge in [-0.05, 0) is 12.5 Å². The molecule has 1 aliphatic rings. The molecule has 1 atom stereocenters. The Labute approximate surface area is 110 Å². The number of nitrogens with zero attached hydrogens (tertiary/aromatic N) is 2. The Morgan fingerprint density at radius 2 is 2.22 bits per heavy atom. The second-order valence-corrected chi connectivity index (χ2v) is 4.92. The molecule has 0 aliphatic carbocycles. The van der Waals surface area contributed by atoms with Crippen LogP contribution in [0.4, 0.5) is 5.82 Å². The third-order valence-corrected chi connectivity index (χ3v) is 3.65. The Morgan fingerprint density at radius 1 is 1.44 bits per heavy atom. The van der Waals surface area contributed by atoms with E-state index in [-0.39, 0.29) is 0 Å². The second-order valence-electron chi connectivity index (χ2n) is 4.92. The normalized spacial score (nSPS) is 18.7. The molecular formula is C14H24N4. The van der Waals surface area contributed by atoms with Gasteiger partial charge in [-0.1, -0.05) is 25.8 Å². The quantitative estimate of drug-likeness (QED) is 0.834. The molecule has 18 heavy (non-hydrogen) atoms. The first-order valence-corrected chi connectivity index (χ1v) is 6.98. The van der Waals surface area contributed by atoms with Crippen LogP contribution in [0.2, 0.25) is 0 Å². The third kappa shape index (κ3) is 3.21. The fourth-order valence-electron chi connectivity index (χ4n) is 2.64. The zero-order valence-corrected chi connectivity index (χ0v) is 11.2. The van der Waals surface area contributed by atoms with Crippen LogP contribution < -0.4 is 11.1 Å². The summed E-state index contributed by atoms with van der Waals surface area (Å²) < 4.78 is 0. The average molecular weight is 248 g/mol. The zero-order valence-electron chi connectivity index (χ0n) is 11.2. The van der Waals surface area contributed by atoms with Crippen LogP contribution in [-0.4, -0.2) is 36.1 Å². The van der Waals surface area contributed by atoms with E-state index >= 15 is 0 Å². The number of nitrogens with one attached hydrogen (secondary N) is 1. The molecule has 0 bridgehead atoms. The summed E-state index contributed by atoms with van der Waals surface area (Å²) in [7, 11) is 0. The number of aromatic nitrogens is 1. The number of nitrogens with two attached hydrogens (primary N) is 1. The molecule has 0 saturated carbocycles. The molecule has 0 aromatic carbocycles. The Balaban J connectivity index is 2.15. The molecule has 1 saturated heterocycles. The van der Waals surface area contributed by atoms with Gasteiger partial charge in [0.05, 0.1) is 0 Å². The van der Waals surface area contributed by atoms with E-state index in [4.69, 9.17) is 5.73 Å². The SMILES string of the molecule is CCCC[C@H](c1cccnc1N)N1CCNCC1. The van der Waals surface area contributed by atoms with Gasteiger partial charge in [0.1, 0.15) is 5.82 Å². The molecule has 1 aromatic rings. The fourth-order valence-corrected chi connectivity index (χ4v) is 2.64. The third-order valence-electron chi connectivity index (χ3n) is 3.65. The summed E-state index contributed by atoms with van der Waals surface area (Å²) in [5, 5.41) is 3.40. The van der Waals surface area contributed by atoms with Gasteiger partial charge in [0.2, 0.25) is 0 Å². The van der Waals surface area contributed by atoms with Crippen molar-refractivity contribution >= 4 is 5.82 Å². The Kier molecular flexibility index (Phi) is 4.96. The molecule has 0 unspecified atom stereocenters. The van der Waals surface area contributed by atoms with Crippen molar-refractivity contribution < 1.29 is 0 Å². The summed E-state index contributed by atoms with van der Waals surface area (Å²) in [6.07, 6.45) is 5.41. The summed E-state index contributed by atoms with van der Waals surface area (Å²) in [6, 6.07) is 4.55. The van der Waals surface area contributed by atoms with Crippen LogP contribution in [0.5, 0.6) is 0 Å². The first-order valence-electron chi connectivity index (χ1n) is 6.98. The first kappa shape index (κ1) is 13.3. The van der Waals surface area contributed by atoms with Crippen LogP contribution in [0.15, 0.2) is 18.3 Å². The van der Waals surface area contributed by atoms with E-state index in [0.717, 1.165) is 26.2 Å². The van der Waals surface area contributed by atoms with E-state index in [9.17, 15) is 0 Å². The lowest BCUT2D eigenvalue weighted by atomic mass is 9.99. The molecule has 0 amide bonds. The standard InChI is InChI=1S/C14H24N4/c1-2-3-6-13(18-10-8-16-9-11-18)12-5-4-7-17-14(12)15/h4-5,7,13,16H,2-3,6,8-11H2,1H3,(H2,15,17)/t13-/m1/s1. The molecule has 0 spiro atoms. The van der Waals surface area contributed by atoms with Gasteiger partial charge in [-0.25, -0.2) is 4.98 Å². The summed E-state index contributed by atoms with van der Waals surface area (Å²) >= 11 is 0. The minimum Gasteiger partial charge on any atom is -0.383 e. The number of hydrogen-bond donors (Lipinski definition) is 2. The topological polar surface area (TPSA) is 54.2 Å². The second kappa shape index (κ2) is 6.71. The number of hydrogen-bond acceptors (Lipinski definition) is 4. The minimum atomic E-state index is 0.431. The summed E-state index contributed by atoms with van der Waals surface area (Å²) in [5.74, 6) is 0.692. The smallest absolute Gasteiger partial charge is 0.128 e. The van der Waals surface area contributed by atoms with Gasteiger partial charge in [0.15, 0.2) is 0 Å². The predicted molar refractivity (Wildman–Crippen MR) is 75.4 cm³/mol. The van der Waals surface area contributed by atoms with Crippen LogP contribution in [0.25, 0.3) is 0 Å². The molecule has 2 rings (SSSR count). The van der Waals surface area contributed by atoms with E-state index in [1.54, 1.807) is 6.20 Å². The number of piperazine rings is 1. The molecule has 1 aromatic heterocycles. The lowest BCUT2D eigenvalue weighted by molar-refractivity contribution is 0.163. The fraction of sp³-hybridized carbons (Fsp3) is 0.643. The Morgan fingerprint density at radius 3 is 2.89 bits per heavy atom. The van der Waals surface area contributed by atoms with Crippen LogP contribution in [0.1, 0.15) is 37.8 Å². The predicted octanol–water partition coefficient (Wildman–Crippen LogP) is 1.80. The highest BCUT2D eigenvalue weighted by atomic mass is 15.2. The van der Waals surface area contributed by atoms with Crippen molar-refractivity contribution in [1.29, 1.82) is 0 Å². The van der Waals surface area contributed by atoms with Gasteiger partial charge in [0, 0.05) is 44.0 Å². The van der Waals surface area contributed by atoms with Crippen molar-refractivity contribution in [3.63, 3.8) is 0 Å². The lowest BCUT2D eigenvalue weighted by Gasteiger charge is -2.35. The summed E-state index contributed by atoms with van der Waals surface area (Å²) in [4.78, 5) is 6.78. The molecule has 100 valence electrons. The average Bonchev–Trinajstić information content (AvgIpc) is 2.42. The molecule has 4 nitrogen and oxygen atoms in total. The number of pyridine rings is 1. The van der Waals surface area contributed by atoms with E-state index in [1.807, 2.05) is 6.07 Å². The van der Waals surface area contributed by atoms with Crippen LogP contribution >= 0.6 is 0 Å². The van der Waals surface area contributed by atoms with Gasteiger partial charge >= 0.3 is 0 Å². The van der Waals surface area contributed by atoms with Crippen molar-refractivity contribution in [2.24, 2.45) is 0 Å². The maximum absolute atomic E-state index is 6.05. The van der Waals surface area contributed by atoms with Crippen LogP contribution in [-0.2, 0) is 0 Å². The molecule has 4 heteroatoms. The Bertz CT molecular complexity index is 361. The van der Waals surface area contributed by atoms with E-state index in [0.29, 0.717) is 11.9 Å². The number of nitrogen functional groups attached to an aromatic ring is 1. The number of rotatable bonds is 5. The van der Waals surface area contributed by atoms with Crippen molar-refractivity contribution in [2.75, 3.05) is 31.9 Å². The molecular weight excluding hydrogens is 224 g/mol. The van der Waals surface area contributed by atoms with Gasteiger partial charge in [-0.15, -0.1) is 0 Å². The molecule has 3 N–H and O–H groups in total. The zero-order chi connectivity index (χ0) is 12.8. The van der Waals surface area contributed by atoms with Gasteiger partial charge in [0.25, 0.3) is 0 Å². The number of anilines is 1. The largest absolute Gasteiger partial charge is 0.383 e. The monoisotopic (exact) mass is 248 g/mol. The van der Waals surface area contributed by atoms with E-state index < -0.39 is 0 Å². The van der Waals surface area contributed by atoms with E-state index in [1.165, 1.54) is 24.8 Å². The summed E-state index contributed by atoms with van der Waals surface area (Å²) in [5.41, 5.74) is 7.25. The van der Waals surface area contributed by atoms with Gasteiger partial charge in [-0.2, -0.15) is 0 Å². The highest BCUT2D eigenvalue weighted by Gasteiger charge is 2.23. The highest BCUT2D eigenvalue weighted by Crippen LogP contribution is 2.29. The Hall–Kier alpha value is -1.13. The molecule has 2 heterocycles. The van der Waals surface area contributed by atoms with Crippen molar-refractivity contribution in [1.82, 2.24) is 15.2 Å². The first-order chi connectivity index (χ1) is 8.83. The molecule has 1 fully saturated rings. The van der Waals surface area contributed by atoms with Crippen molar-refractivity contribution in [2.45, 2.75) is 32.2 Å². The lowest BCUT2D eigenvalue weighted by Crippen LogP contribution is -2.45. The number of unbranched alkanes of at least 4 members (excludes halogenated alkanes) is 1.